The van der Waals surface area contributed by atoms with Crippen molar-refractivity contribution in [1.82, 2.24) is 0 Å². The van der Waals surface area contributed by atoms with Crippen LogP contribution in [0.25, 0.3) is 0 Å². The molecular formula is C18H20ClNO4S. The molecule has 0 saturated heterocycles. The van der Waals surface area contributed by atoms with Crippen LogP contribution in [-0.4, -0.2) is 21.0 Å². The molecule has 0 radical (unpaired) electrons. The molecule has 134 valence electrons. The predicted molar refractivity (Wildman–Crippen MR) is 98.9 cm³/mol. The first-order chi connectivity index (χ1) is 11.7. The van der Waals surface area contributed by atoms with Gasteiger partial charge in [0.05, 0.1) is 27.8 Å². The lowest BCUT2D eigenvalue weighted by Crippen LogP contribution is -2.16. The Morgan fingerprint density at radius 3 is 2.24 bits per heavy atom. The third kappa shape index (κ3) is 4.32. The molecule has 1 N–H and O–H groups in total. The molecule has 2 aromatic carbocycles. The summed E-state index contributed by atoms with van der Waals surface area (Å²) in [7, 11) is -3.81. The normalized spacial score (nSPS) is 11.2. The lowest BCUT2D eigenvalue weighted by atomic mass is 10.1. The average Bonchev–Trinajstić information content (AvgIpc) is 2.47. The molecule has 0 fully saturated rings. The molecule has 0 saturated carbocycles. The van der Waals surface area contributed by atoms with Crippen LogP contribution in [0.1, 0.15) is 34.0 Å². The van der Waals surface area contributed by atoms with Crippen molar-refractivity contribution in [3.63, 3.8) is 0 Å². The Kier molecular flexibility index (Phi) is 5.75. The van der Waals surface area contributed by atoms with Crippen LogP contribution in [0.2, 0.25) is 5.02 Å². The zero-order chi connectivity index (χ0) is 18.8. The molecule has 0 aliphatic carbocycles. The van der Waals surface area contributed by atoms with Gasteiger partial charge >= 0.3 is 5.97 Å². The van der Waals surface area contributed by atoms with Gasteiger partial charge in [0.1, 0.15) is 0 Å². The van der Waals surface area contributed by atoms with E-state index in [9.17, 15) is 13.2 Å². The minimum atomic E-state index is -3.81. The fourth-order valence-corrected chi connectivity index (χ4v) is 4.54. The van der Waals surface area contributed by atoms with Gasteiger partial charge in [-0.05, 0) is 57.0 Å². The number of anilines is 1. The van der Waals surface area contributed by atoms with Gasteiger partial charge in [-0.15, -0.1) is 0 Å². The lowest BCUT2D eigenvalue weighted by molar-refractivity contribution is 0.0526. The smallest absolute Gasteiger partial charge is 0.338 e. The summed E-state index contributed by atoms with van der Waals surface area (Å²) in [5, 5.41) is 0.122. The second kappa shape index (κ2) is 7.45. The van der Waals surface area contributed by atoms with Crippen molar-refractivity contribution >= 4 is 33.3 Å². The van der Waals surface area contributed by atoms with Gasteiger partial charge in [0.25, 0.3) is 10.0 Å². The first kappa shape index (κ1) is 19.3. The van der Waals surface area contributed by atoms with Gasteiger partial charge in [0.2, 0.25) is 0 Å². The van der Waals surface area contributed by atoms with E-state index in [1.807, 2.05) is 19.1 Å². The van der Waals surface area contributed by atoms with E-state index in [1.54, 1.807) is 20.8 Å². The number of rotatable bonds is 5. The van der Waals surface area contributed by atoms with Crippen molar-refractivity contribution in [2.24, 2.45) is 0 Å². The summed E-state index contributed by atoms with van der Waals surface area (Å²) in [5.41, 5.74) is 2.77. The van der Waals surface area contributed by atoms with Crippen molar-refractivity contribution in [3.8, 4) is 0 Å². The van der Waals surface area contributed by atoms with Crippen LogP contribution in [0.3, 0.4) is 0 Å². The number of hydrogen-bond donors (Lipinski definition) is 1. The van der Waals surface area contributed by atoms with Crippen LogP contribution in [0.4, 0.5) is 5.69 Å². The molecule has 0 bridgehead atoms. The Hall–Kier alpha value is -2.05. The number of aryl methyl sites for hydroxylation is 3. The molecule has 2 rings (SSSR count). The Labute approximate surface area is 153 Å². The standard InChI is InChI=1S/C18H20ClNO4S/c1-5-24-18(21)14-6-7-16(15(19)10-14)20-25(22,23)17-12(3)8-11(2)9-13(17)4/h6-10,20H,5H2,1-4H3. The van der Waals surface area contributed by atoms with Crippen molar-refractivity contribution in [1.29, 1.82) is 0 Å². The molecule has 0 atom stereocenters. The molecule has 0 amide bonds. The van der Waals surface area contributed by atoms with Gasteiger partial charge in [-0.3, -0.25) is 4.72 Å². The van der Waals surface area contributed by atoms with Crippen LogP contribution in [0.5, 0.6) is 0 Å². The number of sulfonamides is 1. The molecular weight excluding hydrogens is 362 g/mol. The number of hydrogen-bond acceptors (Lipinski definition) is 4. The number of carbonyl (C=O) groups is 1. The maximum Gasteiger partial charge on any atom is 0.338 e. The Morgan fingerprint density at radius 2 is 1.72 bits per heavy atom. The average molecular weight is 382 g/mol. The predicted octanol–water partition coefficient (Wildman–Crippen LogP) is 4.24. The Balaban J connectivity index is 2.38. The highest BCUT2D eigenvalue weighted by molar-refractivity contribution is 7.92. The van der Waals surface area contributed by atoms with Crippen LogP contribution < -0.4 is 4.72 Å². The van der Waals surface area contributed by atoms with Gasteiger partial charge in [-0.25, -0.2) is 13.2 Å². The monoisotopic (exact) mass is 381 g/mol. The number of carbonyl (C=O) groups excluding carboxylic acids is 1. The summed E-state index contributed by atoms with van der Waals surface area (Å²) in [6.07, 6.45) is 0. The highest BCUT2D eigenvalue weighted by Gasteiger charge is 2.21. The molecule has 0 heterocycles. The van der Waals surface area contributed by atoms with Crippen molar-refractivity contribution < 1.29 is 17.9 Å². The highest BCUT2D eigenvalue weighted by atomic mass is 35.5. The molecule has 0 aromatic heterocycles. The quantitative estimate of drug-likeness (QED) is 0.786. The maximum atomic E-state index is 12.8. The van der Waals surface area contributed by atoms with E-state index in [1.165, 1.54) is 18.2 Å². The second-order valence-corrected chi connectivity index (χ2v) is 7.77. The van der Waals surface area contributed by atoms with E-state index in [2.05, 4.69) is 4.72 Å². The molecule has 25 heavy (non-hydrogen) atoms. The van der Waals surface area contributed by atoms with E-state index in [0.717, 1.165) is 5.56 Å². The molecule has 5 nitrogen and oxygen atoms in total. The second-order valence-electron chi connectivity index (χ2n) is 5.75. The fraction of sp³-hybridized carbons (Fsp3) is 0.278. The summed E-state index contributed by atoms with van der Waals surface area (Å²) >= 11 is 6.14. The van der Waals surface area contributed by atoms with E-state index < -0.39 is 16.0 Å². The number of halogens is 1. The summed E-state index contributed by atoms with van der Waals surface area (Å²) in [6, 6.07) is 7.92. The molecule has 0 spiro atoms. The van der Waals surface area contributed by atoms with Crippen molar-refractivity contribution in [2.45, 2.75) is 32.6 Å². The number of esters is 1. The summed E-state index contributed by atoms with van der Waals surface area (Å²) in [4.78, 5) is 11.9. The topological polar surface area (TPSA) is 72.5 Å². The molecule has 7 heteroatoms. The Bertz CT molecular complexity index is 900. The largest absolute Gasteiger partial charge is 0.462 e. The SMILES string of the molecule is CCOC(=O)c1ccc(NS(=O)(=O)c2c(C)cc(C)cc2C)c(Cl)c1. The van der Waals surface area contributed by atoms with Gasteiger partial charge in [-0.1, -0.05) is 29.3 Å². The lowest BCUT2D eigenvalue weighted by Gasteiger charge is -2.15. The first-order valence-electron chi connectivity index (χ1n) is 7.73. The molecule has 0 unspecified atom stereocenters. The maximum absolute atomic E-state index is 12.8. The zero-order valence-electron chi connectivity index (χ0n) is 14.5. The van der Waals surface area contributed by atoms with E-state index in [-0.39, 0.29) is 27.8 Å². The summed E-state index contributed by atoms with van der Waals surface area (Å²) in [5.74, 6) is -0.510. The summed E-state index contributed by atoms with van der Waals surface area (Å²) in [6.45, 7) is 7.36. The number of nitrogens with one attached hydrogen (secondary N) is 1. The van der Waals surface area contributed by atoms with Crippen LogP contribution in [0.15, 0.2) is 35.2 Å². The van der Waals surface area contributed by atoms with Crippen LogP contribution in [-0.2, 0) is 14.8 Å². The minimum absolute atomic E-state index is 0.122. The number of ether oxygens (including phenoxy) is 1. The Morgan fingerprint density at radius 1 is 1.12 bits per heavy atom. The molecule has 0 aliphatic heterocycles. The number of benzene rings is 2. The van der Waals surface area contributed by atoms with Gasteiger partial charge < -0.3 is 4.74 Å². The van der Waals surface area contributed by atoms with E-state index >= 15 is 0 Å². The fourth-order valence-electron chi connectivity index (χ4n) is 2.73. The van der Waals surface area contributed by atoms with E-state index in [4.69, 9.17) is 16.3 Å². The molecule has 2 aromatic rings. The van der Waals surface area contributed by atoms with Crippen LogP contribution in [0, 0.1) is 20.8 Å². The highest BCUT2D eigenvalue weighted by Crippen LogP contribution is 2.29. The third-order valence-corrected chi connectivity index (χ3v) is 5.58. The first-order valence-corrected chi connectivity index (χ1v) is 9.59. The third-order valence-electron chi connectivity index (χ3n) is 3.60. The van der Waals surface area contributed by atoms with Gasteiger partial charge in [0.15, 0.2) is 0 Å². The minimum Gasteiger partial charge on any atom is -0.462 e. The van der Waals surface area contributed by atoms with E-state index in [0.29, 0.717) is 11.1 Å². The van der Waals surface area contributed by atoms with Crippen molar-refractivity contribution in [2.75, 3.05) is 11.3 Å². The molecule has 0 aliphatic rings. The zero-order valence-corrected chi connectivity index (χ0v) is 16.1. The van der Waals surface area contributed by atoms with Crippen LogP contribution >= 0.6 is 11.6 Å². The summed E-state index contributed by atoms with van der Waals surface area (Å²) < 4.78 is 32.9. The van der Waals surface area contributed by atoms with Gasteiger partial charge in [0, 0.05) is 0 Å². The van der Waals surface area contributed by atoms with Crippen molar-refractivity contribution in [3.05, 3.63) is 57.6 Å². The van der Waals surface area contributed by atoms with Gasteiger partial charge in [-0.2, -0.15) is 0 Å².